The molecule has 0 aliphatic carbocycles. The topological polar surface area (TPSA) is 90.2 Å². The van der Waals surface area contributed by atoms with Crippen molar-refractivity contribution >= 4 is 32.4 Å². The Balaban J connectivity index is 1.56. The summed E-state index contributed by atoms with van der Waals surface area (Å²) in [4.78, 5) is 14.0. The van der Waals surface area contributed by atoms with Gasteiger partial charge in [-0.3, -0.25) is 0 Å². The van der Waals surface area contributed by atoms with Gasteiger partial charge in [-0.15, -0.1) is 0 Å². The molecule has 1 unspecified atom stereocenters. The molecule has 182 valence electrons. The van der Waals surface area contributed by atoms with Crippen molar-refractivity contribution in [1.82, 2.24) is 9.97 Å². The number of rotatable bonds is 5. The number of fused-ring (bicyclic) bond motifs is 1. The number of sulfone groups is 1. The average molecular weight is 498 g/mol. The second-order valence-corrected chi connectivity index (χ2v) is 11.1. The summed E-state index contributed by atoms with van der Waals surface area (Å²) in [5, 5.41) is 8.69. The molecule has 1 aliphatic heterocycles. The van der Waals surface area contributed by atoms with E-state index in [1.165, 1.54) is 0 Å². The molecule has 1 saturated heterocycles. The van der Waals surface area contributed by atoms with Crippen LogP contribution in [0.15, 0.2) is 77.7 Å². The van der Waals surface area contributed by atoms with Gasteiger partial charge in [0, 0.05) is 31.9 Å². The van der Waals surface area contributed by atoms with E-state index in [9.17, 15) is 13.7 Å². The normalized spacial score (nSPS) is 15.0. The Kier molecular flexibility index (Phi) is 6.33. The van der Waals surface area contributed by atoms with Gasteiger partial charge in [0.15, 0.2) is 11.1 Å². The number of para-hydroxylation sites is 3. The lowest BCUT2D eigenvalue weighted by molar-refractivity contribution is 0.589. The molecule has 36 heavy (non-hydrogen) atoms. The molecule has 0 radical (unpaired) electrons. The minimum absolute atomic E-state index is 0.118. The van der Waals surface area contributed by atoms with Gasteiger partial charge in [-0.2, -0.15) is 5.26 Å². The number of hydrogen-bond donors (Lipinski definition) is 0. The van der Waals surface area contributed by atoms with Crippen molar-refractivity contribution in [2.24, 2.45) is 0 Å². The van der Waals surface area contributed by atoms with E-state index in [4.69, 9.17) is 9.97 Å². The predicted octanol–water partition coefficient (Wildman–Crippen LogP) is 4.61. The van der Waals surface area contributed by atoms with E-state index in [0.29, 0.717) is 29.9 Å². The number of aromatic nitrogens is 2. The second-order valence-electron chi connectivity index (χ2n) is 9.03. The minimum Gasteiger partial charge on any atom is -0.368 e. The number of piperazine rings is 1. The molecule has 4 aromatic rings. The highest BCUT2D eigenvalue weighted by Crippen LogP contribution is 2.35. The van der Waals surface area contributed by atoms with Crippen LogP contribution in [0.1, 0.15) is 22.1 Å². The molecule has 3 aromatic carbocycles. The predicted molar refractivity (Wildman–Crippen MR) is 142 cm³/mol. The zero-order valence-corrected chi connectivity index (χ0v) is 21.1. The standard InChI is InChI=1S/C28H27N5O2S/c1-20-12-13-23(18-21(20)2)36(34,35)26(19-29)27-28(31-25-11-7-6-10-24(25)30-27)33-16-14-32(15-17-33)22-8-4-3-5-9-22/h3-13,18,26H,14-17H2,1-2H3. The first-order valence-electron chi connectivity index (χ1n) is 11.9. The number of nitriles is 1. The summed E-state index contributed by atoms with van der Waals surface area (Å²) in [6.45, 7) is 6.56. The lowest BCUT2D eigenvalue weighted by Gasteiger charge is -2.37. The van der Waals surface area contributed by atoms with Gasteiger partial charge >= 0.3 is 0 Å². The molecular formula is C28H27N5O2S. The number of hydrogen-bond acceptors (Lipinski definition) is 7. The second kappa shape index (κ2) is 9.59. The summed E-state index contributed by atoms with van der Waals surface area (Å²) in [7, 11) is -4.03. The van der Waals surface area contributed by atoms with Gasteiger partial charge in [0.2, 0.25) is 9.84 Å². The lowest BCUT2D eigenvalue weighted by atomic mass is 10.1. The van der Waals surface area contributed by atoms with Gasteiger partial charge in [-0.05, 0) is 61.4 Å². The van der Waals surface area contributed by atoms with E-state index in [1.54, 1.807) is 24.3 Å². The lowest BCUT2D eigenvalue weighted by Crippen LogP contribution is -2.47. The van der Waals surface area contributed by atoms with Gasteiger partial charge in [0.25, 0.3) is 0 Å². The Hall–Kier alpha value is -3.96. The highest BCUT2D eigenvalue weighted by Gasteiger charge is 2.35. The zero-order chi connectivity index (χ0) is 25.3. The van der Waals surface area contributed by atoms with Crippen molar-refractivity contribution in [2.45, 2.75) is 24.0 Å². The molecule has 1 fully saturated rings. The summed E-state index contributed by atoms with van der Waals surface area (Å²) in [5.41, 5.74) is 4.41. The number of aryl methyl sites for hydroxylation is 2. The molecule has 0 spiro atoms. The number of anilines is 2. The molecule has 8 heteroatoms. The third-order valence-electron chi connectivity index (χ3n) is 6.76. The fourth-order valence-electron chi connectivity index (χ4n) is 4.53. The first-order chi connectivity index (χ1) is 17.4. The molecule has 0 N–H and O–H groups in total. The molecule has 0 saturated carbocycles. The third kappa shape index (κ3) is 4.38. The van der Waals surface area contributed by atoms with E-state index in [2.05, 4.69) is 21.9 Å². The van der Waals surface area contributed by atoms with Gasteiger partial charge in [-0.1, -0.05) is 36.4 Å². The average Bonchev–Trinajstić information content (AvgIpc) is 2.90. The smallest absolute Gasteiger partial charge is 0.200 e. The van der Waals surface area contributed by atoms with Crippen molar-refractivity contribution in [3.05, 3.63) is 89.6 Å². The molecule has 2 heterocycles. The van der Waals surface area contributed by atoms with E-state index in [0.717, 1.165) is 29.9 Å². The first kappa shape index (κ1) is 23.8. The van der Waals surface area contributed by atoms with E-state index >= 15 is 0 Å². The van der Waals surface area contributed by atoms with Crippen LogP contribution in [0.25, 0.3) is 11.0 Å². The van der Waals surface area contributed by atoms with Crippen LogP contribution in [0.5, 0.6) is 0 Å². The molecule has 0 bridgehead atoms. The van der Waals surface area contributed by atoms with Crippen molar-refractivity contribution in [2.75, 3.05) is 36.0 Å². The van der Waals surface area contributed by atoms with Gasteiger partial charge in [0.1, 0.15) is 5.69 Å². The minimum atomic E-state index is -4.03. The van der Waals surface area contributed by atoms with Crippen LogP contribution in [-0.4, -0.2) is 44.6 Å². The van der Waals surface area contributed by atoms with Crippen LogP contribution in [0.4, 0.5) is 11.5 Å². The maximum absolute atomic E-state index is 13.7. The van der Waals surface area contributed by atoms with Crippen molar-refractivity contribution in [3.63, 3.8) is 0 Å². The molecule has 7 nitrogen and oxygen atoms in total. The van der Waals surface area contributed by atoms with Crippen molar-refractivity contribution in [3.8, 4) is 6.07 Å². The monoisotopic (exact) mass is 497 g/mol. The summed E-state index contributed by atoms with van der Waals surface area (Å²) in [5.74, 6) is 0.459. The highest BCUT2D eigenvalue weighted by atomic mass is 32.2. The maximum atomic E-state index is 13.7. The van der Waals surface area contributed by atoms with Crippen molar-refractivity contribution in [1.29, 1.82) is 5.26 Å². The summed E-state index contributed by atoms with van der Waals surface area (Å²) >= 11 is 0. The van der Waals surface area contributed by atoms with Gasteiger partial charge < -0.3 is 9.80 Å². The van der Waals surface area contributed by atoms with Crippen LogP contribution in [0, 0.1) is 25.2 Å². The first-order valence-corrected chi connectivity index (χ1v) is 13.5. The summed E-state index contributed by atoms with van der Waals surface area (Å²) < 4.78 is 27.4. The molecular weight excluding hydrogens is 470 g/mol. The number of nitrogens with zero attached hydrogens (tertiary/aromatic N) is 5. The Bertz CT molecular complexity index is 1560. The van der Waals surface area contributed by atoms with Crippen LogP contribution in [-0.2, 0) is 9.84 Å². The van der Waals surface area contributed by atoms with E-state index < -0.39 is 15.1 Å². The van der Waals surface area contributed by atoms with Crippen LogP contribution < -0.4 is 9.80 Å². The fourth-order valence-corrected chi connectivity index (χ4v) is 5.99. The Morgan fingerprint density at radius 2 is 1.42 bits per heavy atom. The van der Waals surface area contributed by atoms with Gasteiger partial charge in [-0.25, -0.2) is 18.4 Å². The summed E-state index contributed by atoms with van der Waals surface area (Å²) in [6, 6.07) is 24.6. The Labute approximate surface area is 211 Å². The van der Waals surface area contributed by atoms with Crippen LogP contribution >= 0.6 is 0 Å². The highest BCUT2D eigenvalue weighted by molar-refractivity contribution is 7.92. The van der Waals surface area contributed by atoms with E-state index in [1.807, 2.05) is 56.3 Å². The third-order valence-corrected chi connectivity index (χ3v) is 8.62. The molecule has 1 aromatic heterocycles. The number of benzene rings is 3. The zero-order valence-electron chi connectivity index (χ0n) is 20.3. The quantitative estimate of drug-likeness (QED) is 0.398. The van der Waals surface area contributed by atoms with Crippen LogP contribution in [0.2, 0.25) is 0 Å². The molecule has 1 atom stereocenters. The molecule has 0 amide bonds. The van der Waals surface area contributed by atoms with Crippen LogP contribution in [0.3, 0.4) is 0 Å². The fraction of sp³-hybridized carbons (Fsp3) is 0.250. The Morgan fingerprint density at radius 1 is 0.806 bits per heavy atom. The van der Waals surface area contributed by atoms with Gasteiger partial charge in [0.05, 0.1) is 22.0 Å². The molecule has 1 aliphatic rings. The molecule has 5 rings (SSSR count). The summed E-state index contributed by atoms with van der Waals surface area (Å²) in [6.07, 6.45) is 0. The van der Waals surface area contributed by atoms with E-state index in [-0.39, 0.29) is 10.6 Å². The maximum Gasteiger partial charge on any atom is 0.200 e. The Morgan fingerprint density at radius 3 is 2.06 bits per heavy atom. The largest absolute Gasteiger partial charge is 0.368 e. The SMILES string of the molecule is Cc1ccc(S(=O)(=O)C(C#N)c2nc3ccccc3nc2N2CCN(c3ccccc3)CC2)cc1C. The van der Waals surface area contributed by atoms with Crippen molar-refractivity contribution < 1.29 is 8.42 Å².